The zero-order chi connectivity index (χ0) is 14.6. The molecular formula is C12H23N2O4S-. The lowest BCUT2D eigenvalue weighted by molar-refractivity contribution is 0.0500. The van der Waals surface area contributed by atoms with E-state index >= 15 is 0 Å². The van der Waals surface area contributed by atoms with Crippen LogP contribution in [-0.2, 0) is 16.0 Å². The molecule has 1 aliphatic rings. The van der Waals surface area contributed by atoms with Crippen LogP contribution in [0.1, 0.15) is 47.0 Å². The summed E-state index contributed by atoms with van der Waals surface area (Å²) in [4.78, 5) is 11.7. The predicted molar refractivity (Wildman–Crippen MR) is 72.1 cm³/mol. The first kappa shape index (κ1) is 16.4. The van der Waals surface area contributed by atoms with Crippen LogP contribution in [0.5, 0.6) is 0 Å². The molecule has 0 bridgehead atoms. The average Bonchev–Trinajstić information content (AvgIpc) is 2.38. The second-order valence-electron chi connectivity index (χ2n) is 5.92. The molecule has 0 aromatic heterocycles. The Hall–Kier alpha value is -0.660. The van der Waals surface area contributed by atoms with Gasteiger partial charge in [0.1, 0.15) is 5.60 Å². The van der Waals surface area contributed by atoms with E-state index < -0.39 is 23.0 Å². The van der Waals surface area contributed by atoms with E-state index in [9.17, 15) is 13.6 Å². The van der Waals surface area contributed by atoms with Crippen molar-refractivity contribution in [3.05, 3.63) is 0 Å². The number of hydrogen-bond acceptors (Lipinski definition) is 4. The molecule has 3 unspecified atom stereocenters. The molecule has 7 heteroatoms. The molecule has 0 spiro atoms. The Kier molecular flexibility index (Phi) is 5.76. The van der Waals surface area contributed by atoms with Crippen LogP contribution < -0.4 is 5.32 Å². The van der Waals surface area contributed by atoms with E-state index in [1.807, 2.05) is 27.7 Å². The molecule has 3 atom stereocenters. The van der Waals surface area contributed by atoms with Crippen LogP contribution in [0.4, 0.5) is 4.79 Å². The van der Waals surface area contributed by atoms with Crippen molar-refractivity contribution in [2.75, 3.05) is 6.54 Å². The number of alkyl carbamates (subject to hydrolysis) is 1. The number of carbonyl (C=O) groups is 1. The minimum atomic E-state index is -2.20. The number of hydrogen-bond donors (Lipinski definition) is 1. The van der Waals surface area contributed by atoms with Gasteiger partial charge in [-0.3, -0.25) is 4.21 Å². The van der Waals surface area contributed by atoms with Crippen LogP contribution >= 0.6 is 0 Å². The van der Waals surface area contributed by atoms with Gasteiger partial charge in [-0.2, -0.15) is 0 Å². The van der Waals surface area contributed by atoms with E-state index in [2.05, 4.69) is 5.32 Å². The molecule has 1 rings (SSSR count). The molecule has 0 aliphatic carbocycles. The minimum Gasteiger partial charge on any atom is -0.760 e. The van der Waals surface area contributed by atoms with Crippen molar-refractivity contribution in [1.29, 1.82) is 0 Å². The first-order chi connectivity index (χ1) is 8.69. The standard InChI is InChI=1S/C12H24N2O4S/c1-9-5-6-10(7-8-14(9)19(16)17)13-11(15)18-12(2,3)4/h9-10H,5-8H2,1-4H3,(H,13,15)(H,16,17)/p-1. The topological polar surface area (TPSA) is 81.7 Å². The average molecular weight is 291 g/mol. The minimum absolute atomic E-state index is 0.0243. The molecule has 0 radical (unpaired) electrons. The van der Waals surface area contributed by atoms with Gasteiger partial charge in [-0.15, -0.1) is 0 Å². The maximum atomic E-state index is 11.7. The van der Waals surface area contributed by atoms with E-state index in [0.29, 0.717) is 13.0 Å². The van der Waals surface area contributed by atoms with Crippen LogP contribution in [0.25, 0.3) is 0 Å². The summed E-state index contributed by atoms with van der Waals surface area (Å²) in [5.74, 6) is 0. The second-order valence-corrected chi connectivity index (χ2v) is 6.82. The van der Waals surface area contributed by atoms with Crippen molar-refractivity contribution in [1.82, 2.24) is 9.62 Å². The zero-order valence-electron chi connectivity index (χ0n) is 12.0. The zero-order valence-corrected chi connectivity index (χ0v) is 12.8. The molecule has 1 heterocycles. The molecular weight excluding hydrogens is 268 g/mol. The fraction of sp³-hybridized carbons (Fsp3) is 0.917. The number of ether oxygens (including phenoxy) is 1. The third kappa shape index (κ3) is 5.88. The molecule has 6 nitrogen and oxygen atoms in total. The molecule has 1 N–H and O–H groups in total. The van der Waals surface area contributed by atoms with Gasteiger partial charge in [-0.1, -0.05) is 0 Å². The highest BCUT2D eigenvalue weighted by Crippen LogP contribution is 2.18. The largest absolute Gasteiger partial charge is 0.760 e. The van der Waals surface area contributed by atoms with Crippen LogP contribution in [0.2, 0.25) is 0 Å². The van der Waals surface area contributed by atoms with E-state index in [1.165, 1.54) is 4.31 Å². The molecule has 0 saturated carbocycles. The maximum Gasteiger partial charge on any atom is 0.407 e. The highest BCUT2D eigenvalue weighted by atomic mass is 32.2. The number of nitrogens with zero attached hydrogens (tertiary/aromatic N) is 1. The van der Waals surface area contributed by atoms with Crippen LogP contribution in [0, 0.1) is 0 Å². The van der Waals surface area contributed by atoms with E-state index in [-0.39, 0.29) is 12.1 Å². The highest BCUT2D eigenvalue weighted by molar-refractivity contribution is 7.76. The van der Waals surface area contributed by atoms with Crippen molar-refractivity contribution in [2.24, 2.45) is 0 Å². The number of carbonyl (C=O) groups excluding carboxylic acids is 1. The third-order valence-corrected chi connectivity index (χ3v) is 3.96. The Balaban J connectivity index is 2.49. The summed E-state index contributed by atoms with van der Waals surface area (Å²) in [6.07, 6.45) is 1.65. The molecule has 0 aromatic rings. The number of rotatable bonds is 2. The first-order valence-electron chi connectivity index (χ1n) is 6.54. The van der Waals surface area contributed by atoms with Crippen molar-refractivity contribution < 1.29 is 18.3 Å². The number of nitrogens with one attached hydrogen (secondary N) is 1. The molecule has 1 aliphatic heterocycles. The van der Waals surface area contributed by atoms with Gasteiger partial charge in [0.15, 0.2) is 0 Å². The van der Waals surface area contributed by atoms with Gasteiger partial charge in [0, 0.05) is 29.9 Å². The number of amides is 1. The fourth-order valence-corrected chi connectivity index (χ4v) is 2.73. The lowest BCUT2D eigenvalue weighted by Crippen LogP contribution is -2.39. The van der Waals surface area contributed by atoms with Crippen LogP contribution in [-0.4, -0.2) is 43.4 Å². The summed E-state index contributed by atoms with van der Waals surface area (Å²) in [6, 6.07) is -0.0605. The normalized spacial score (nSPS) is 27.4. The predicted octanol–water partition coefficient (Wildman–Crippen LogP) is 1.55. The monoisotopic (exact) mass is 291 g/mol. The smallest absolute Gasteiger partial charge is 0.407 e. The maximum absolute atomic E-state index is 11.7. The molecule has 1 fully saturated rings. The van der Waals surface area contributed by atoms with Gasteiger partial charge < -0.3 is 14.6 Å². The Morgan fingerprint density at radius 1 is 1.37 bits per heavy atom. The Morgan fingerprint density at radius 2 is 2.00 bits per heavy atom. The fourth-order valence-electron chi connectivity index (χ4n) is 2.07. The van der Waals surface area contributed by atoms with Gasteiger partial charge in [-0.25, -0.2) is 9.10 Å². The molecule has 1 amide bonds. The van der Waals surface area contributed by atoms with Crippen molar-refractivity contribution in [3.63, 3.8) is 0 Å². The van der Waals surface area contributed by atoms with E-state index in [1.54, 1.807) is 0 Å². The highest BCUT2D eigenvalue weighted by Gasteiger charge is 2.25. The third-order valence-electron chi connectivity index (χ3n) is 3.03. The molecule has 0 aromatic carbocycles. The Bertz CT molecular complexity index is 343. The lowest BCUT2D eigenvalue weighted by atomic mass is 10.1. The van der Waals surface area contributed by atoms with Crippen LogP contribution in [0.15, 0.2) is 0 Å². The van der Waals surface area contributed by atoms with Gasteiger partial charge in [0.25, 0.3) is 0 Å². The first-order valence-corrected chi connectivity index (χ1v) is 7.58. The van der Waals surface area contributed by atoms with Gasteiger partial charge >= 0.3 is 6.09 Å². The van der Waals surface area contributed by atoms with Crippen molar-refractivity contribution >= 4 is 17.4 Å². The SMILES string of the molecule is CC1CCC(NC(=O)OC(C)(C)C)CCN1S(=O)[O-]. The van der Waals surface area contributed by atoms with Crippen LogP contribution in [0.3, 0.4) is 0 Å². The summed E-state index contributed by atoms with van der Waals surface area (Å²) in [7, 11) is 0. The Morgan fingerprint density at radius 3 is 2.53 bits per heavy atom. The van der Waals surface area contributed by atoms with Gasteiger partial charge in [-0.05, 0) is 47.0 Å². The quantitative estimate of drug-likeness (QED) is 0.783. The van der Waals surface area contributed by atoms with Gasteiger partial charge in [0.05, 0.1) is 0 Å². The van der Waals surface area contributed by atoms with Crippen molar-refractivity contribution in [3.8, 4) is 0 Å². The molecule has 1 saturated heterocycles. The summed E-state index contributed by atoms with van der Waals surface area (Å²) in [5, 5.41) is 2.81. The lowest BCUT2D eigenvalue weighted by Gasteiger charge is -2.28. The molecule has 112 valence electrons. The summed E-state index contributed by atoms with van der Waals surface area (Å²) in [6.45, 7) is 7.74. The van der Waals surface area contributed by atoms with E-state index in [0.717, 1.165) is 12.8 Å². The summed E-state index contributed by atoms with van der Waals surface area (Å²) in [5.41, 5.74) is -0.523. The van der Waals surface area contributed by atoms with E-state index in [4.69, 9.17) is 4.74 Å². The second kappa shape index (κ2) is 6.67. The van der Waals surface area contributed by atoms with Gasteiger partial charge in [0.2, 0.25) is 0 Å². The molecule has 19 heavy (non-hydrogen) atoms. The van der Waals surface area contributed by atoms with Crippen molar-refractivity contribution in [2.45, 2.75) is 64.6 Å². The summed E-state index contributed by atoms with van der Waals surface area (Å²) >= 11 is -2.20. The summed E-state index contributed by atoms with van der Waals surface area (Å²) < 4.78 is 28.7. The Labute approximate surface area is 117 Å².